The van der Waals surface area contributed by atoms with Crippen molar-refractivity contribution in [2.24, 2.45) is 5.92 Å². The van der Waals surface area contributed by atoms with E-state index < -0.39 is 0 Å². The average Bonchev–Trinajstić information content (AvgIpc) is 3.27. The Morgan fingerprint density at radius 3 is 3.15 bits per heavy atom. The molecular weight excluding hydrogens is 382 g/mol. The van der Waals surface area contributed by atoms with E-state index in [1.807, 2.05) is 18.4 Å². The second kappa shape index (κ2) is 7.66. The number of amides is 1. The number of thiophene rings is 2. The third-order valence-electron chi connectivity index (χ3n) is 4.74. The lowest BCUT2D eigenvalue weighted by Crippen LogP contribution is -2.27. The molecule has 1 aliphatic rings. The SMILES string of the molecule is C[C@@H]1CCc2c(sc3ncnc(SCC(=O)N[C@H](C)c4cccs4)c23)C1. The number of aromatic nitrogens is 2. The quantitative estimate of drug-likeness (QED) is 0.489. The van der Waals surface area contributed by atoms with E-state index in [0.717, 1.165) is 28.6 Å². The maximum Gasteiger partial charge on any atom is 0.230 e. The van der Waals surface area contributed by atoms with Crippen LogP contribution in [-0.2, 0) is 17.6 Å². The van der Waals surface area contributed by atoms with Gasteiger partial charge in [0.2, 0.25) is 5.91 Å². The summed E-state index contributed by atoms with van der Waals surface area (Å²) in [5.41, 5.74) is 1.42. The molecule has 7 heteroatoms. The first-order valence-corrected chi connectivity index (χ1v) is 11.5. The number of hydrogen-bond acceptors (Lipinski definition) is 6. The molecule has 0 unspecified atom stereocenters. The zero-order chi connectivity index (χ0) is 18.1. The molecular formula is C19H21N3OS3. The molecule has 0 saturated carbocycles. The van der Waals surface area contributed by atoms with Gasteiger partial charge in [-0.3, -0.25) is 4.79 Å². The second-order valence-corrected chi connectivity index (χ2v) is 9.83. The minimum atomic E-state index is 0.0420. The molecule has 1 N–H and O–H groups in total. The number of nitrogens with zero attached hydrogens (tertiary/aromatic N) is 2. The van der Waals surface area contributed by atoms with Crippen LogP contribution >= 0.6 is 34.4 Å². The molecule has 0 spiro atoms. The Morgan fingerprint density at radius 2 is 2.35 bits per heavy atom. The van der Waals surface area contributed by atoms with Crippen molar-refractivity contribution in [1.82, 2.24) is 15.3 Å². The van der Waals surface area contributed by atoms with Crippen molar-refractivity contribution in [3.8, 4) is 0 Å². The second-order valence-electron chi connectivity index (χ2n) is 6.80. The van der Waals surface area contributed by atoms with Gasteiger partial charge in [-0.15, -0.1) is 22.7 Å². The number of thioether (sulfide) groups is 1. The van der Waals surface area contributed by atoms with Gasteiger partial charge in [0.05, 0.1) is 11.8 Å². The molecule has 4 nitrogen and oxygen atoms in total. The van der Waals surface area contributed by atoms with Gasteiger partial charge in [-0.2, -0.15) is 0 Å². The standard InChI is InChI=1S/C19H21N3OS3/c1-11-5-6-13-15(8-11)26-19-17(13)18(20-10-21-19)25-9-16(23)22-12(2)14-4-3-7-24-14/h3-4,7,10-12H,5-6,8-9H2,1-2H3,(H,22,23)/t11-,12-/m1/s1. The average molecular weight is 404 g/mol. The summed E-state index contributed by atoms with van der Waals surface area (Å²) in [6, 6.07) is 4.11. The van der Waals surface area contributed by atoms with Crippen LogP contribution < -0.4 is 5.32 Å². The van der Waals surface area contributed by atoms with Crippen molar-refractivity contribution in [1.29, 1.82) is 0 Å². The van der Waals surface area contributed by atoms with Crippen LogP contribution in [0.1, 0.15) is 41.6 Å². The number of rotatable bonds is 5. The van der Waals surface area contributed by atoms with Crippen molar-refractivity contribution >= 4 is 50.6 Å². The molecule has 0 fully saturated rings. The van der Waals surface area contributed by atoms with Crippen LogP contribution in [0.2, 0.25) is 0 Å². The van der Waals surface area contributed by atoms with Gasteiger partial charge in [0.15, 0.2) is 0 Å². The Kier molecular flexibility index (Phi) is 5.29. The topological polar surface area (TPSA) is 54.9 Å². The monoisotopic (exact) mass is 403 g/mol. The highest BCUT2D eigenvalue weighted by Crippen LogP contribution is 2.40. The van der Waals surface area contributed by atoms with E-state index in [1.54, 1.807) is 29.0 Å². The van der Waals surface area contributed by atoms with Crippen LogP contribution in [0.25, 0.3) is 10.2 Å². The fourth-order valence-electron chi connectivity index (χ4n) is 3.38. The minimum absolute atomic E-state index is 0.0420. The van der Waals surface area contributed by atoms with E-state index in [-0.39, 0.29) is 11.9 Å². The summed E-state index contributed by atoms with van der Waals surface area (Å²) in [5, 5.41) is 7.23. The summed E-state index contributed by atoms with van der Waals surface area (Å²) in [6.07, 6.45) is 5.08. The highest BCUT2D eigenvalue weighted by atomic mass is 32.2. The molecule has 3 aromatic rings. The van der Waals surface area contributed by atoms with Crippen LogP contribution in [0.4, 0.5) is 0 Å². The number of fused-ring (bicyclic) bond motifs is 3. The largest absolute Gasteiger partial charge is 0.348 e. The van der Waals surface area contributed by atoms with Gasteiger partial charge in [0.25, 0.3) is 0 Å². The lowest BCUT2D eigenvalue weighted by Gasteiger charge is -2.18. The van der Waals surface area contributed by atoms with E-state index >= 15 is 0 Å². The molecule has 0 radical (unpaired) electrons. The number of nitrogens with one attached hydrogen (secondary N) is 1. The predicted molar refractivity (Wildman–Crippen MR) is 110 cm³/mol. The Balaban J connectivity index is 1.48. The third-order valence-corrected chi connectivity index (χ3v) is 7.95. The Hall–Kier alpha value is -1.44. The van der Waals surface area contributed by atoms with Crippen molar-refractivity contribution in [2.45, 2.75) is 44.2 Å². The van der Waals surface area contributed by atoms with Crippen LogP contribution in [0, 0.1) is 5.92 Å². The van der Waals surface area contributed by atoms with Crippen LogP contribution in [0.15, 0.2) is 28.9 Å². The first-order valence-electron chi connectivity index (χ1n) is 8.82. The molecule has 136 valence electrons. The minimum Gasteiger partial charge on any atom is -0.348 e. The van der Waals surface area contributed by atoms with E-state index in [9.17, 15) is 4.79 Å². The summed E-state index contributed by atoms with van der Waals surface area (Å²) >= 11 is 4.98. The first-order chi connectivity index (χ1) is 12.6. The molecule has 3 heterocycles. The van der Waals surface area contributed by atoms with Crippen LogP contribution in [-0.4, -0.2) is 21.6 Å². The van der Waals surface area contributed by atoms with Crippen molar-refractivity contribution < 1.29 is 4.79 Å². The number of carbonyl (C=O) groups is 1. The molecule has 0 aromatic carbocycles. The highest BCUT2D eigenvalue weighted by molar-refractivity contribution is 8.00. The zero-order valence-electron chi connectivity index (χ0n) is 14.8. The fourth-order valence-corrected chi connectivity index (χ4v) is 6.37. The maximum absolute atomic E-state index is 12.4. The van der Waals surface area contributed by atoms with Crippen molar-refractivity contribution in [3.63, 3.8) is 0 Å². The Labute approximate surface area is 165 Å². The van der Waals surface area contributed by atoms with Crippen molar-refractivity contribution in [3.05, 3.63) is 39.2 Å². The van der Waals surface area contributed by atoms with Gasteiger partial charge in [0.1, 0.15) is 16.2 Å². The number of aryl methyl sites for hydroxylation is 1. The Bertz CT molecular complexity index is 920. The first kappa shape index (κ1) is 17.9. The fraction of sp³-hybridized carbons (Fsp3) is 0.421. The molecule has 0 aliphatic heterocycles. The molecule has 4 rings (SSSR count). The zero-order valence-corrected chi connectivity index (χ0v) is 17.3. The molecule has 0 saturated heterocycles. The summed E-state index contributed by atoms with van der Waals surface area (Å²) in [7, 11) is 0. The van der Waals surface area contributed by atoms with E-state index in [0.29, 0.717) is 5.75 Å². The summed E-state index contributed by atoms with van der Waals surface area (Å²) < 4.78 is 0. The van der Waals surface area contributed by atoms with Crippen LogP contribution in [0.3, 0.4) is 0 Å². The van der Waals surface area contributed by atoms with Gasteiger partial charge in [-0.1, -0.05) is 24.8 Å². The maximum atomic E-state index is 12.4. The number of hydrogen-bond donors (Lipinski definition) is 1. The molecule has 1 amide bonds. The van der Waals surface area contributed by atoms with Crippen LogP contribution in [0.5, 0.6) is 0 Å². The van der Waals surface area contributed by atoms with Gasteiger partial charge >= 0.3 is 0 Å². The predicted octanol–water partition coefficient (Wildman–Crippen LogP) is 4.85. The number of carbonyl (C=O) groups excluding carboxylic acids is 1. The van der Waals surface area contributed by atoms with E-state index in [4.69, 9.17) is 0 Å². The van der Waals surface area contributed by atoms with Gasteiger partial charge in [-0.25, -0.2) is 9.97 Å². The van der Waals surface area contributed by atoms with E-state index in [1.165, 1.54) is 38.9 Å². The van der Waals surface area contributed by atoms with E-state index in [2.05, 4.69) is 28.3 Å². The molecule has 0 bridgehead atoms. The summed E-state index contributed by atoms with van der Waals surface area (Å²) in [5.74, 6) is 1.16. The summed E-state index contributed by atoms with van der Waals surface area (Å²) in [4.78, 5) is 25.0. The molecule has 26 heavy (non-hydrogen) atoms. The van der Waals surface area contributed by atoms with Gasteiger partial charge in [0, 0.05) is 15.1 Å². The normalized spacial score (nSPS) is 17.8. The summed E-state index contributed by atoms with van der Waals surface area (Å²) in [6.45, 7) is 4.33. The lowest BCUT2D eigenvalue weighted by atomic mass is 9.89. The Morgan fingerprint density at radius 1 is 1.46 bits per heavy atom. The van der Waals surface area contributed by atoms with Gasteiger partial charge in [-0.05, 0) is 49.1 Å². The van der Waals surface area contributed by atoms with Crippen molar-refractivity contribution in [2.75, 3.05) is 5.75 Å². The molecule has 1 aliphatic carbocycles. The highest BCUT2D eigenvalue weighted by Gasteiger charge is 2.23. The molecule has 3 aromatic heterocycles. The third kappa shape index (κ3) is 3.66. The molecule has 2 atom stereocenters. The smallest absolute Gasteiger partial charge is 0.230 e. The van der Waals surface area contributed by atoms with Gasteiger partial charge < -0.3 is 5.32 Å². The lowest BCUT2D eigenvalue weighted by molar-refractivity contribution is -0.119.